The third-order valence-electron chi connectivity index (χ3n) is 6.52. The lowest BCUT2D eigenvalue weighted by atomic mass is 9.78. The van der Waals surface area contributed by atoms with E-state index in [4.69, 9.17) is 11.6 Å². The van der Waals surface area contributed by atoms with Gasteiger partial charge in [-0.05, 0) is 24.3 Å². The van der Waals surface area contributed by atoms with E-state index < -0.39 is 28.6 Å². The minimum Gasteiger partial charge on any atom is -0.504 e. The summed E-state index contributed by atoms with van der Waals surface area (Å²) in [6.07, 6.45) is 6.96. The molecule has 0 saturated heterocycles. The molecule has 1 amide bonds. The Labute approximate surface area is 206 Å². The molecule has 35 heavy (non-hydrogen) atoms. The standard InChI is InChI=1S/C23H27ClN6O4.H2O/c1-23(8-5-6-9-23)21(14-12(24)11-30(4)28-14)27-16-15(19(32)20(16)33)26-13-7-10-25-17(18(13)31)22(34)29(2)3;/h7,10-11,21,27,31H,5-6,8-9H2,1-4H3,(H,25,26);1H2/t21-;/m0./s1. The van der Waals surface area contributed by atoms with E-state index in [1.807, 2.05) is 0 Å². The fourth-order valence-corrected chi connectivity index (χ4v) is 4.86. The van der Waals surface area contributed by atoms with Crippen LogP contribution in [0.5, 0.6) is 5.75 Å². The van der Waals surface area contributed by atoms with E-state index in [0.717, 1.165) is 25.7 Å². The molecular weight excluding hydrogens is 476 g/mol. The number of hydrogen-bond acceptors (Lipinski definition) is 8. The molecule has 1 aliphatic carbocycles. The summed E-state index contributed by atoms with van der Waals surface area (Å²) in [7, 11) is 4.84. The van der Waals surface area contributed by atoms with Gasteiger partial charge in [-0.1, -0.05) is 31.4 Å². The first-order valence-corrected chi connectivity index (χ1v) is 11.4. The quantitative estimate of drug-likeness (QED) is 0.412. The molecule has 1 atom stereocenters. The van der Waals surface area contributed by atoms with Gasteiger partial charge >= 0.3 is 0 Å². The fraction of sp³-hybridized carbons (Fsp3) is 0.435. The van der Waals surface area contributed by atoms with Gasteiger partial charge in [0.25, 0.3) is 16.8 Å². The van der Waals surface area contributed by atoms with Gasteiger partial charge in [0.2, 0.25) is 0 Å². The predicted molar refractivity (Wildman–Crippen MR) is 133 cm³/mol. The zero-order valence-electron chi connectivity index (χ0n) is 20.0. The van der Waals surface area contributed by atoms with Gasteiger partial charge in [-0.3, -0.25) is 19.1 Å². The number of hydrogen-bond donors (Lipinski definition) is 3. The first kappa shape index (κ1) is 26.2. The summed E-state index contributed by atoms with van der Waals surface area (Å²) in [5.41, 5.74) is -0.970. The zero-order valence-corrected chi connectivity index (χ0v) is 20.7. The highest BCUT2D eigenvalue weighted by molar-refractivity contribution is 6.31. The second kappa shape index (κ2) is 9.67. The zero-order chi connectivity index (χ0) is 24.8. The molecule has 3 aromatic rings. The van der Waals surface area contributed by atoms with Crippen molar-refractivity contribution in [1.82, 2.24) is 19.7 Å². The van der Waals surface area contributed by atoms with Gasteiger partial charge in [-0.25, -0.2) is 4.98 Å². The first-order valence-electron chi connectivity index (χ1n) is 11.0. The molecule has 0 spiro atoms. The Morgan fingerprint density at radius 3 is 2.43 bits per heavy atom. The third-order valence-corrected chi connectivity index (χ3v) is 6.81. The number of aromatic nitrogens is 3. The minimum absolute atomic E-state index is 0. The fourth-order valence-electron chi connectivity index (χ4n) is 4.57. The number of rotatable bonds is 7. The topological polar surface area (TPSA) is 161 Å². The molecule has 0 unspecified atom stereocenters. The van der Waals surface area contributed by atoms with Crippen molar-refractivity contribution in [2.75, 3.05) is 24.7 Å². The average Bonchev–Trinajstić information content (AvgIpc) is 3.38. The maximum atomic E-state index is 12.6. The maximum Gasteiger partial charge on any atom is 0.275 e. The first-order chi connectivity index (χ1) is 16.0. The second-order valence-electron chi connectivity index (χ2n) is 9.26. The summed E-state index contributed by atoms with van der Waals surface area (Å²) < 4.78 is 1.62. The van der Waals surface area contributed by atoms with E-state index in [9.17, 15) is 19.5 Å². The Morgan fingerprint density at radius 1 is 1.23 bits per heavy atom. The number of anilines is 3. The average molecular weight is 505 g/mol. The number of nitrogens with one attached hydrogen (secondary N) is 2. The minimum atomic E-state index is -0.721. The summed E-state index contributed by atoms with van der Waals surface area (Å²) >= 11 is 6.47. The number of aryl methyl sites for hydroxylation is 1. The lowest BCUT2D eigenvalue weighted by Gasteiger charge is -2.35. The number of amides is 1. The molecule has 0 radical (unpaired) electrons. The summed E-state index contributed by atoms with van der Waals surface area (Å²) in [6.45, 7) is 2.12. The summed E-state index contributed by atoms with van der Waals surface area (Å²) in [4.78, 5) is 42.6. The summed E-state index contributed by atoms with van der Waals surface area (Å²) in [5, 5.41) is 21.6. The van der Waals surface area contributed by atoms with E-state index in [1.54, 1.807) is 17.9 Å². The van der Waals surface area contributed by atoms with E-state index in [-0.39, 0.29) is 33.6 Å². The SMILES string of the molecule is CN(C)C(=O)c1nccc(Nc2c(N[C@@H](c3nn(C)cc3Cl)C3(C)CCCC3)c(=O)c2=O)c1O.O. The van der Waals surface area contributed by atoms with Gasteiger partial charge in [-0.2, -0.15) is 5.10 Å². The van der Waals surface area contributed by atoms with E-state index in [1.165, 1.54) is 31.3 Å². The van der Waals surface area contributed by atoms with Crippen molar-refractivity contribution < 1.29 is 15.4 Å². The molecule has 1 aliphatic rings. The molecule has 188 valence electrons. The Morgan fingerprint density at radius 2 is 1.86 bits per heavy atom. The maximum absolute atomic E-state index is 12.6. The number of pyridine rings is 1. The van der Waals surface area contributed by atoms with Crippen molar-refractivity contribution in [1.29, 1.82) is 0 Å². The highest BCUT2D eigenvalue weighted by Gasteiger charge is 2.42. The van der Waals surface area contributed by atoms with Crippen LogP contribution in [0.4, 0.5) is 17.1 Å². The molecule has 2 aromatic heterocycles. The van der Waals surface area contributed by atoms with Crippen LogP contribution in [0.1, 0.15) is 54.8 Å². The van der Waals surface area contributed by atoms with Crippen LogP contribution in [-0.4, -0.2) is 50.2 Å². The molecule has 11 nitrogen and oxygen atoms in total. The van der Waals surface area contributed by atoms with E-state index in [0.29, 0.717) is 10.7 Å². The highest BCUT2D eigenvalue weighted by Crippen LogP contribution is 2.49. The van der Waals surface area contributed by atoms with Crippen LogP contribution in [0.15, 0.2) is 28.0 Å². The molecule has 5 N–H and O–H groups in total. The van der Waals surface area contributed by atoms with Gasteiger partial charge in [0.15, 0.2) is 11.4 Å². The third kappa shape index (κ3) is 4.61. The van der Waals surface area contributed by atoms with Gasteiger partial charge in [0, 0.05) is 33.5 Å². The molecule has 0 aliphatic heterocycles. The summed E-state index contributed by atoms with van der Waals surface area (Å²) in [6, 6.07) is 1.03. The predicted octanol–water partition coefficient (Wildman–Crippen LogP) is 2.12. The van der Waals surface area contributed by atoms with Crippen LogP contribution in [0, 0.1) is 5.41 Å². The van der Waals surface area contributed by atoms with Crippen molar-refractivity contribution in [2.45, 2.75) is 38.6 Å². The number of nitrogens with zero attached hydrogens (tertiary/aromatic N) is 4. The number of halogens is 1. The molecule has 4 rings (SSSR count). The second-order valence-corrected chi connectivity index (χ2v) is 9.67. The molecule has 1 saturated carbocycles. The van der Waals surface area contributed by atoms with Gasteiger partial charge < -0.3 is 26.1 Å². The Bertz CT molecular complexity index is 1320. The monoisotopic (exact) mass is 504 g/mol. The molecule has 1 fully saturated rings. The van der Waals surface area contributed by atoms with Crippen LogP contribution in [0.25, 0.3) is 0 Å². The molecular formula is C23H29ClN6O5. The summed E-state index contributed by atoms with van der Waals surface area (Å²) in [5.74, 6) is -0.907. The Balaban J connectivity index is 0.00000342. The van der Waals surface area contributed by atoms with Crippen molar-refractivity contribution in [3.63, 3.8) is 0 Å². The smallest absolute Gasteiger partial charge is 0.275 e. The van der Waals surface area contributed by atoms with Crippen LogP contribution in [0.2, 0.25) is 5.02 Å². The van der Waals surface area contributed by atoms with Crippen molar-refractivity contribution in [3.05, 3.63) is 55.3 Å². The van der Waals surface area contributed by atoms with Gasteiger partial charge in [0.05, 0.1) is 16.8 Å². The van der Waals surface area contributed by atoms with E-state index in [2.05, 4.69) is 27.6 Å². The van der Waals surface area contributed by atoms with Crippen LogP contribution < -0.4 is 21.5 Å². The Kier molecular flexibility index (Phi) is 7.23. The van der Waals surface area contributed by atoms with Crippen LogP contribution >= 0.6 is 11.6 Å². The largest absolute Gasteiger partial charge is 0.504 e. The van der Waals surface area contributed by atoms with Crippen LogP contribution in [0.3, 0.4) is 0 Å². The lowest BCUT2D eigenvalue weighted by molar-refractivity contribution is 0.0819. The van der Waals surface area contributed by atoms with Gasteiger partial charge in [-0.15, -0.1) is 0 Å². The molecule has 1 aromatic carbocycles. The number of carbonyl (C=O) groups is 1. The highest BCUT2D eigenvalue weighted by atomic mass is 35.5. The lowest BCUT2D eigenvalue weighted by Crippen LogP contribution is -2.40. The normalized spacial score (nSPS) is 15.5. The van der Waals surface area contributed by atoms with Crippen LogP contribution in [-0.2, 0) is 7.05 Å². The van der Waals surface area contributed by atoms with Crippen molar-refractivity contribution in [2.24, 2.45) is 12.5 Å². The number of aromatic hydroxyl groups is 1. The van der Waals surface area contributed by atoms with E-state index >= 15 is 0 Å². The molecule has 2 heterocycles. The number of carbonyl (C=O) groups excluding carboxylic acids is 1. The van der Waals surface area contributed by atoms with Gasteiger partial charge in [0.1, 0.15) is 17.1 Å². The Hall–Kier alpha value is -3.44. The molecule has 0 bridgehead atoms. The van der Waals surface area contributed by atoms with Crippen molar-refractivity contribution >= 4 is 34.6 Å². The van der Waals surface area contributed by atoms with Crippen molar-refractivity contribution in [3.8, 4) is 5.75 Å². The molecule has 12 heteroatoms.